The third-order valence-corrected chi connectivity index (χ3v) is 2.29. The molecule has 1 N–H and O–H groups in total. The Morgan fingerprint density at radius 2 is 2.46 bits per heavy atom. The van der Waals surface area contributed by atoms with Crippen LogP contribution in [0.25, 0.3) is 0 Å². The first-order chi connectivity index (χ1) is 6.18. The molecule has 0 saturated heterocycles. The molecule has 1 aromatic rings. The van der Waals surface area contributed by atoms with E-state index >= 15 is 0 Å². The van der Waals surface area contributed by atoms with Crippen molar-refractivity contribution in [2.75, 3.05) is 0 Å². The summed E-state index contributed by atoms with van der Waals surface area (Å²) in [7, 11) is 0. The summed E-state index contributed by atoms with van der Waals surface area (Å²) in [5.74, 6) is -0.118. The van der Waals surface area contributed by atoms with Gasteiger partial charge in [0.15, 0.2) is 5.82 Å². The fourth-order valence-electron chi connectivity index (χ4n) is 1.44. The molecule has 13 heavy (non-hydrogen) atoms. The van der Waals surface area contributed by atoms with Crippen LogP contribution in [0, 0.1) is 0 Å². The summed E-state index contributed by atoms with van der Waals surface area (Å²) in [5, 5.41) is 12.9. The topological polar surface area (TPSA) is 68.0 Å². The first-order valence-corrected chi connectivity index (χ1v) is 4.35. The average molecular weight is 181 g/mol. The van der Waals surface area contributed by atoms with Gasteiger partial charge in [-0.25, -0.2) is 9.67 Å². The highest BCUT2D eigenvalue weighted by Crippen LogP contribution is 2.16. The number of aliphatic carboxylic acids is 1. The first kappa shape index (κ1) is 8.22. The summed E-state index contributed by atoms with van der Waals surface area (Å²) in [6, 6.07) is 0. The lowest BCUT2D eigenvalue weighted by molar-refractivity contribution is -0.138. The molecule has 5 nitrogen and oxygen atoms in total. The Morgan fingerprint density at radius 3 is 3.08 bits per heavy atom. The number of rotatable bonds is 2. The second-order valence-corrected chi connectivity index (χ2v) is 3.27. The lowest BCUT2D eigenvalue weighted by Crippen LogP contribution is -2.10. The minimum absolute atomic E-state index is 0.433. The van der Waals surface area contributed by atoms with Gasteiger partial charge in [0.1, 0.15) is 11.7 Å². The molecule has 1 aliphatic rings. The van der Waals surface area contributed by atoms with Gasteiger partial charge in [0.05, 0.1) is 0 Å². The van der Waals surface area contributed by atoms with Crippen molar-refractivity contribution in [3.05, 3.63) is 11.6 Å². The smallest absolute Gasteiger partial charge is 0.314 e. The predicted octanol–water partition coefficient (Wildman–Crippen LogP) is 0.412. The van der Waals surface area contributed by atoms with E-state index in [1.165, 1.54) is 0 Å². The number of hydrogen-bond donors (Lipinski definition) is 1. The van der Waals surface area contributed by atoms with Crippen LogP contribution >= 0.6 is 0 Å². The molecule has 2 heterocycles. The summed E-state index contributed by atoms with van der Waals surface area (Å²) in [5.41, 5.74) is 0. The van der Waals surface area contributed by atoms with Gasteiger partial charge in [-0.05, 0) is 13.3 Å². The Bertz CT molecular complexity index is 324. The van der Waals surface area contributed by atoms with E-state index in [4.69, 9.17) is 5.11 Å². The SMILES string of the molecule is CC(C(=O)O)c1nc2n(n1)CCC2. The number of carboxylic acid groups (broad SMARTS) is 1. The zero-order chi connectivity index (χ0) is 9.42. The van der Waals surface area contributed by atoms with Crippen molar-refractivity contribution in [3.63, 3.8) is 0 Å². The second kappa shape index (κ2) is 2.83. The highest BCUT2D eigenvalue weighted by molar-refractivity contribution is 5.74. The van der Waals surface area contributed by atoms with E-state index in [0.29, 0.717) is 5.82 Å². The Hall–Kier alpha value is -1.39. The lowest BCUT2D eigenvalue weighted by Gasteiger charge is -1.98. The number of fused-ring (bicyclic) bond motifs is 1. The molecule has 70 valence electrons. The fraction of sp³-hybridized carbons (Fsp3) is 0.625. The number of aryl methyl sites for hydroxylation is 2. The maximum Gasteiger partial charge on any atom is 0.314 e. The number of hydrogen-bond acceptors (Lipinski definition) is 3. The molecule has 5 heteroatoms. The molecule has 0 aliphatic carbocycles. The molecule has 0 amide bonds. The zero-order valence-corrected chi connectivity index (χ0v) is 7.40. The molecule has 0 aromatic carbocycles. The highest BCUT2D eigenvalue weighted by atomic mass is 16.4. The second-order valence-electron chi connectivity index (χ2n) is 3.27. The van der Waals surface area contributed by atoms with E-state index in [1.54, 1.807) is 11.6 Å². The Morgan fingerprint density at radius 1 is 1.69 bits per heavy atom. The van der Waals surface area contributed by atoms with Gasteiger partial charge in [-0.15, -0.1) is 0 Å². The first-order valence-electron chi connectivity index (χ1n) is 4.35. The van der Waals surface area contributed by atoms with Crippen molar-refractivity contribution < 1.29 is 9.90 Å². The lowest BCUT2D eigenvalue weighted by atomic mass is 10.2. The third-order valence-electron chi connectivity index (χ3n) is 2.29. The van der Waals surface area contributed by atoms with E-state index in [-0.39, 0.29) is 0 Å². The molecule has 0 spiro atoms. The Kier molecular flexibility index (Phi) is 1.79. The van der Waals surface area contributed by atoms with Gasteiger partial charge in [-0.1, -0.05) is 0 Å². The predicted molar refractivity (Wildman–Crippen MR) is 44.4 cm³/mol. The maximum absolute atomic E-state index is 10.6. The number of carbonyl (C=O) groups is 1. The van der Waals surface area contributed by atoms with Crippen LogP contribution in [0.2, 0.25) is 0 Å². The molecule has 0 saturated carbocycles. The normalized spacial score (nSPS) is 17.0. The molecule has 1 aliphatic heterocycles. The van der Waals surface area contributed by atoms with E-state index in [9.17, 15) is 4.79 Å². The van der Waals surface area contributed by atoms with E-state index < -0.39 is 11.9 Å². The van der Waals surface area contributed by atoms with Crippen LogP contribution in [0.3, 0.4) is 0 Å². The largest absolute Gasteiger partial charge is 0.481 e. The van der Waals surface area contributed by atoms with Crippen molar-refractivity contribution in [1.82, 2.24) is 14.8 Å². The van der Waals surface area contributed by atoms with Gasteiger partial charge >= 0.3 is 5.97 Å². The molecule has 1 atom stereocenters. The maximum atomic E-state index is 10.6. The van der Waals surface area contributed by atoms with Crippen molar-refractivity contribution in [2.24, 2.45) is 0 Å². The molecule has 0 bridgehead atoms. The summed E-state index contributed by atoms with van der Waals surface area (Å²) >= 11 is 0. The Labute approximate surface area is 75.4 Å². The van der Waals surface area contributed by atoms with Gasteiger partial charge in [0.25, 0.3) is 0 Å². The molecule has 0 radical (unpaired) electrons. The molecule has 1 unspecified atom stereocenters. The van der Waals surface area contributed by atoms with Gasteiger partial charge in [0, 0.05) is 13.0 Å². The van der Waals surface area contributed by atoms with Crippen LogP contribution in [0.15, 0.2) is 0 Å². The van der Waals surface area contributed by atoms with Crippen molar-refractivity contribution in [3.8, 4) is 0 Å². The highest BCUT2D eigenvalue weighted by Gasteiger charge is 2.22. The van der Waals surface area contributed by atoms with Crippen LogP contribution in [0.4, 0.5) is 0 Å². The third kappa shape index (κ3) is 1.30. The summed E-state index contributed by atoms with van der Waals surface area (Å²) in [6.07, 6.45) is 1.98. The standard InChI is InChI=1S/C8H11N3O2/c1-5(8(12)13)7-9-6-3-2-4-11(6)10-7/h5H,2-4H2,1H3,(H,12,13). The van der Waals surface area contributed by atoms with Crippen LogP contribution < -0.4 is 0 Å². The van der Waals surface area contributed by atoms with E-state index in [1.807, 2.05) is 0 Å². The van der Waals surface area contributed by atoms with Gasteiger partial charge in [0.2, 0.25) is 0 Å². The number of aromatic nitrogens is 3. The number of carboxylic acids is 1. The molecular weight excluding hydrogens is 170 g/mol. The zero-order valence-electron chi connectivity index (χ0n) is 7.40. The number of nitrogens with zero attached hydrogens (tertiary/aromatic N) is 3. The molecule has 1 aromatic heterocycles. The van der Waals surface area contributed by atoms with Crippen LogP contribution in [-0.4, -0.2) is 25.8 Å². The monoisotopic (exact) mass is 181 g/mol. The van der Waals surface area contributed by atoms with E-state index in [2.05, 4.69) is 10.1 Å². The average Bonchev–Trinajstić information content (AvgIpc) is 2.59. The minimum atomic E-state index is -0.871. The van der Waals surface area contributed by atoms with Crippen molar-refractivity contribution in [2.45, 2.75) is 32.2 Å². The van der Waals surface area contributed by atoms with Crippen molar-refractivity contribution >= 4 is 5.97 Å². The van der Waals surface area contributed by atoms with Crippen LogP contribution in [0.1, 0.15) is 30.9 Å². The van der Waals surface area contributed by atoms with Crippen LogP contribution in [-0.2, 0) is 17.8 Å². The quantitative estimate of drug-likeness (QED) is 0.717. The van der Waals surface area contributed by atoms with E-state index in [0.717, 1.165) is 25.2 Å². The van der Waals surface area contributed by atoms with Gasteiger partial charge in [-0.3, -0.25) is 4.79 Å². The van der Waals surface area contributed by atoms with Gasteiger partial charge < -0.3 is 5.11 Å². The van der Waals surface area contributed by atoms with Crippen LogP contribution in [0.5, 0.6) is 0 Å². The molecule has 2 rings (SSSR count). The van der Waals surface area contributed by atoms with Crippen molar-refractivity contribution in [1.29, 1.82) is 0 Å². The minimum Gasteiger partial charge on any atom is -0.481 e. The fourth-order valence-corrected chi connectivity index (χ4v) is 1.44. The molecular formula is C8H11N3O2. The van der Waals surface area contributed by atoms with Gasteiger partial charge in [-0.2, -0.15) is 5.10 Å². The molecule has 0 fully saturated rings. The Balaban J connectivity index is 2.28. The summed E-state index contributed by atoms with van der Waals surface area (Å²) < 4.78 is 1.80. The summed E-state index contributed by atoms with van der Waals surface area (Å²) in [6.45, 7) is 2.47. The summed E-state index contributed by atoms with van der Waals surface area (Å²) in [4.78, 5) is 14.8.